The fraction of sp³-hybridized carbons (Fsp3) is 0.448. The van der Waals surface area contributed by atoms with Gasteiger partial charge in [0.05, 0.1) is 17.4 Å². The molecule has 1 aromatic carbocycles. The molecule has 13 heteroatoms. The summed E-state index contributed by atoms with van der Waals surface area (Å²) in [4.78, 5) is 10.5. The lowest BCUT2D eigenvalue weighted by Crippen LogP contribution is -2.38. The number of nitrogens with zero attached hydrogens (tertiary/aromatic N) is 7. The van der Waals surface area contributed by atoms with Crippen LogP contribution in [-0.2, 0) is 18.5 Å². The summed E-state index contributed by atoms with van der Waals surface area (Å²) in [5, 5.41) is 12.0. The molecule has 4 aromatic rings. The highest BCUT2D eigenvalue weighted by atomic mass is 28.3. The minimum atomic E-state index is -1.24. The first-order valence-electron chi connectivity index (χ1n) is 14.1. The molecular formula is C29H38F2N8O2Si. The van der Waals surface area contributed by atoms with Crippen LogP contribution in [0.1, 0.15) is 12.8 Å². The molecule has 1 aliphatic rings. The Morgan fingerprint density at radius 2 is 1.88 bits per heavy atom. The molecule has 0 saturated carbocycles. The van der Waals surface area contributed by atoms with Crippen molar-refractivity contribution >= 4 is 19.7 Å². The highest BCUT2D eigenvalue weighted by Gasteiger charge is 2.22. The van der Waals surface area contributed by atoms with Crippen LogP contribution in [0.3, 0.4) is 0 Å². The van der Waals surface area contributed by atoms with E-state index in [0.29, 0.717) is 46.5 Å². The smallest absolute Gasteiger partial charge is 0.226 e. The van der Waals surface area contributed by atoms with E-state index in [2.05, 4.69) is 57.1 Å². The van der Waals surface area contributed by atoms with Crippen molar-refractivity contribution in [2.75, 3.05) is 32.1 Å². The Balaban J connectivity index is 1.39. The third kappa shape index (κ3) is 7.39. The van der Waals surface area contributed by atoms with Gasteiger partial charge in [0.2, 0.25) is 17.8 Å². The molecule has 224 valence electrons. The van der Waals surface area contributed by atoms with Gasteiger partial charge in [-0.1, -0.05) is 25.7 Å². The average Bonchev–Trinajstić information content (AvgIpc) is 3.49. The first-order chi connectivity index (χ1) is 20.1. The summed E-state index contributed by atoms with van der Waals surface area (Å²) in [5.74, 6) is 0.404. The SMILES string of the molecule is CN1CCCC(Oc2cc(-c3cnn(COCC[Si](C)(C)C)c3F)ccc2Nc2nc(-c3ccc(F)nc3)nn2C)C1. The highest BCUT2D eigenvalue weighted by Crippen LogP contribution is 2.35. The zero-order valence-electron chi connectivity index (χ0n) is 24.8. The van der Waals surface area contributed by atoms with Crippen LogP contribution < -0.4 is 10.1 Å². The molecule has 1 N–H and O–H groups in total. The fourth-order valence-electron chi connectivity index (χ4n) is 4.71. The maximum Gasteiger partial charge on any atom is 0.226 e. The van der Waals surface area contributed by atoms with E-state index in [1.54, 1.807) is 17.8 Å². The Bertz CT molecular complexity index is 1500. The minimum absolute atomic E-state index is 0.0211. The first-order valence-corrected chi connectivity index (χ1v) is 17.8. The predicted octanol–water partition coefficient (Wildman–Crippen LogP) is 5.55. The third-order valence-corrected chi connectivity index (χ3v) is 8.85. The number of rotatable bonds is 11. The van der Waals surface area contributed by atoms with Crippen molar-refractivity contribution in [2.24, 2.45) is 7.05 Å². The van der Waals surface area contributed by atoms with Crippen molar-refractivity contribution in [1.29, 1.82) is 0 Å². The Labute approximate surface area is 245 Å². The molecule has 0 radical (unpaired) electrons. The topological polar surface area (TPSA) is 95.2 Å². The number of anilines is 2. The summed E-state index contributed by atoms with van der Waals surface area (Å²) >= 11 is 0. The monoisotopic (exact) mass is 596 g/mol. The quantitative estimate of drug-likeness (QED) is 0.137. The number of aryl methyl sites for hydroxylation is 1. The Hall–Kier alpha value is -3.68. The van der Waals surface area contributed by atoms with E-state index >= 15 is 4.39 Å². The zero-order chi connectivity index (χ0) is 29.9. The Morgan fingerprint density at radius 1 is 1.07 bits per heavy atom. The van der Waals surface area contributed by atoms with Crippen LogP contribution >= 0.6 is 0 Å². The molecule has 3 aromatic heterocycles. The molecule has 1 aliphatic heterocycles. The predicted molar refractivity (Wildman–Crippen MR) is 160 cm³/mol. The van der Waals surface area contributed by atoms with Gasteiger partial charge < -0.3 is 19.7 Å². The molecule has 5 rings (SSSR count). The Morgan fingerprint density at radius 3 is 2.62 bits per heavy atom. The fourth-order valence-corrected chi connectivity index (χ4v) is 5.47. The maximum atomic E-state index is 15.4. The van der Waals surface area contributed by atoms with Crippen molar-refractivity contribution < 1.29 is 18.3 Å². The van der Waals surface area contributed by atoms with Crippen LogP contribution in [0.15, 0.2) is 42.7 Å². The summed E-state index contributed by atoms with van der Waals surface area (Å²) < 4.78 is 43.8. The lowest BCUT2D eigenvalue weighted by molar-refractivity contribution is 0.0700. The average molecular weight is 597 g/mol. The lowest BCUT2D eigenvalue weighted by atomic mass is 10.1. The number of ether oxygens (including phenoxy) is 2. The van der Waals surface area contributed by atoms with Gasteiger partial charge in [0.15, 0.2) is 5.82 Å². The molecule has 0 aliphatic carbocycles. The molecule has 0 bridgehead atoms. The maximum absolute atomic E-state index is 15.4. The van der Waals surface area contributed by atoms with Crippen LogP contribution in [0.2, 0.25) is 25.7 Å². The number of likely N-dealkylation sites (N-methyl/N-ethyl adjacent to an activating group) is 1. The number of piperidine rings is 1. The number of halogens is 2. The van der Waals surface area contributed by atoms with E-state index in [4.69, 9.17) is 9.47 Å². The van der Waals surface area contributed by atoms with Gasteiger partial charge in [-0.25, -0.2) is 14.3 Å². The molecule has 1 atom stereocenters. The summed E-state index contributed by atoms with van der Waals surface area (Å²) in [7, 11) is 2.60. The van der Waals surface area contributed by atoms with Crippen LogP contribution in [0.4, 0.5) is 20.4 Å². The van der Waals surface area contributed by atoms with Crippen LogP contribution in [0.5, 0.6) is 5.75 Å². The molecule has 1 fully saturated rings. The molecule has 0 amide bonds. The van der Waals surface area contributed by atoms with E-state index in [-0.39, 0.29) is 12.8 Å². The molecule has 10 nitrogen and oxygen atoms in total. The normalized spacial score (nSPS) is 16.1. The van der Waals surface area contributed by atoms with E-state index in [9.17, 15) is 4.39 Å². The van der Waals surface area contributed by atoms with E-state index in [0.717, 1.165) is 32.0 Å². The minimum Gasteiger partial charge on any atom is -0.487 e. The van der Waals surface area contributed by atoms with Crippen LogP contribution in [0.25, 0.3) is 22.5 Å². The van der Waals surface area contributed by atoms with Crippen molar-refractivity contribution in [3.8, 4) is 28.3 Å². The van der Waals surface area contributed by atoms with Crippen molar-refractivity contribution in [2.45, 2.75) is 51.4 Å². The number of benzene rings is 1. The van der Waals surface area contributed by atoms with Gasteiger partial charge >= 0.3 is 0 Å². The number of likely N-dealkylation sites (tertiary alicyclic amines) is 1. The van der Waals surface area contributed by atoms with Crippen molar-refractivity contribution in [3.05, 3.63) is 54.6 Å². The standard InChI is InChI=1S/C29H38F2N8O2Si/c1-37-12-6-7-22(18-37)41-25-15-20(23-17-33-39(27(23)31)19-40-13-14-42(3,4)5)8-10-24(25)34-29-35-28(36-38(29)2)21-9-11-26(30)32-16-21/h8-11,15-17,22H,6-7,12-14,18-19H2,1-5H3,(H,34,35,36). The van der Waals surface area contributed by atoms with Gasteiger partial charge in [-0.2, -0.15) is 18.9 Å². The number of hydrogen-bond donors (Lipinski definition) is 1. The first kappa shape index (κ1) is 29.8. The van der Waals surface area contributed by atoms with Crippen molar-refractivity contribution in [1.82, 2.24) is 34.4 Å². The highest BCUT2D eigenvalue weighted by molar-refractivity contribution is 6.76. The van der Waals surface area contributed by atoms with Gasteiger partial charge in [-0.3, -0.25) is 0 Å². The van der Waals surface area contributed by atoms with E-state index in [1.165, 1.54) is 23.1 Å². The van der Waals surface area contributed by atoms with Crippen LogP contribution in [-0.4, -0.2) is 75.4 Å². The van der Waals surface area contributed by atoms with Gasteiger partial charge in [-0.05, 0) is 62.3 Å². The number of pyridine rings is 1. The summed E-state index contributed by atoms with van der Waals surface area (Å²) in [6, 6.07) is 9.34. The number of hydrogen-bond acceptors (Lipinski definition) is 8. The van der Waals surface area contributed by atoms with Gasteiger partial charge in [-0.15, -0.1) is 5.10 Å². The van der Waals surface area contributed by atoms with E-state index in [1.807, 2.05) is 18.2 Å². The molecule has 42 heavy (non-hydrogen) atoms. The second-order valence-corrected chi connectivity index (χ2v) is 17.6. The molecule has 1 saturated heterocycles. The Kier molecular flexibility index (Phi) is 8.99. The van der Waals surface area contributed by atoms with Gasteiger partial charge in [0, 0.05) is 40.0 Å². The molecule has 4 heterocycles. The summed E-state index contributed by atoms with van der Waals surface area (Å²) in [6.45, 7) is 9.29. The second kappa shape index (κ2) is 12.7. The van der Waals surface area contributed by atoms with Gasteiger partial charge in [0.25, 0.3) is 0 Å². The molecule has 1 unspecified atom stereocenters. The summed E-state index contributed by atoms with van der Waals surface area (Å²) in [6.07, 6.45) is 4.83. The zero-order valence-corrected chi connectivity index (χ0v) is 25.8. The largest absolute Gasteiger partial charge is 0.487 e. The van der Waals surface area contributed by atoms with E-state index < -0.39 is 20.0 Å². The summed E-state index contributed by atoms with van der Waals surface area (Å²) in [5.41, 5.74) is 2.26. The molecule has 0 spiro atoms. The number of nitrogens with one attached hydrogen (secondary N) is 1. The van der Waals surface area contributed by atoms with Crippen molar-refractivity contribution in [3.63, 3.8) is 0 Å². The van der Waals surface area contributed by atoms with Crippen LogP contribution in [0, 0.1) is 11.9 Å². The lowest BCUT2D eigenvalue weighted by Gasteiger charge is -2.30. The third-order valence-electron chi connectivity index (χ3n) is 7.15. The van der Waals surface area contributed by atoms with Gasteiger partial charge in [0.1, 0.15) is 18.6 Å². The molecular weight excluding hydrogens is 558 g/mol. The number of aromatic nitrogens is 6. The second-order valence-electron chi connectivity index (χ2n) is 11.9.